The third-order valence-electron chi connectivity index (χ3n) is 4.73. The van der Waals surface area contributed by atoms with Crippen molar-refractivity contribution in [1.82, 2.24) is 10.3 Å². The molecule has 0 unspecified atom stereocenters. The highest BCUT2D eigenvalue weighted by atomic mass is 16.4. The molecule has 1 aliphatic rings. The monoisotopic (exact) mass is 332 g/mol. The Morgan fingerprint density at radius 3 is 2.40 bits per heavy atom. The van der Waals surface area contributed by atoms with Gasteiger partial charge in [-0.2, -0.15) is 0 Å². The smallest absolute Gasteiger partial charge is 0.330 e. The summed E-state index contributed by atoms with van der Waals surface area (Å²) in [6.45, 7) is 0. The molecule has 1 aliphatic carbocycles. The van der Waals surface area contributed by atoms with Gasteiger partial charge in [-0.15, -0.1) is 0 Å². The average Bonchev–Trinajstić information content (AvgIpc) is 3.00. The highest BCUT2D eigenvalue weighted by Crippen LogP contribution is 2.30. The van der Waals surface area contributed by atoms with Gasteiger partial charge in [-0.3, -0.25) is 9.78 Å². The van der Waals surface area contributed by atoms with Gasteiger partial charge in [-0.25, -0.2) is 4.79 Å². The number of nitrogens with one attached hydrogen (secondary N) is 1. The number of amides is 1. The van der Waals surface area contributed by atoms with Crippen LogP contribution in [0, 0.1) is 0 Å². The molecule has 2 aromatic carbocycles. The van der Waals surface area contributed by atoms with Crippen LogP contribution in [0.2, 0.25) is 0 Å². The van der Waals surface area contributed by atoms with E-state index in [1.54, 1.807) is 30.5 Å². The second-order valence-corrected chi connectivity index (χ2v) is 6.37. The normalized spacial score (nSPS) is 14.9. The molecule has 0 saturated carbocycles. The zero-order valence-electron chi connectivity index (χ0n) is 13.4. The third-order valence-corrected chi connectivity index (χ3v) is 4.73. The minimum Gasteiger partial charge on any atom is -0.479 e. The van der Waals surface area contributed by atoms with Crippen LogP contribution in [0.5, 0.6) is 0 Å². The molecule has 1 amide bonds. The van der Waals surface area contributed by atoms with E-state index >= 15 is 0 Å². The number of nitrogens with zero attached hydrogens (tertiary/aromatic N) is 1. The Morgan fingerprint density at radius 2 is 1.72 bits per heavy atom. The van der Waals surface area contributed by atoms with Gasteiger partial charge in [0.15, 0.2) is 0 Å². The third kappa shape index (κ3) is 2.63. The molecule has 0 fully saturated rings. The number of hydrogen-bond acceptors (Lipinski definition) is 3. The summed E-state index contributed by atoms with van der Waals surface area (Å²) < 4.78 is 0. The van der Waals surface area contributed by atoms with Gasteiger partial charge in [0.05, 0.1) is 5.52 Å². The Bertz CT molecular complexity index is 972. The molecule has 5 nitrogen and oxygen atoms in total. The fourth-order valence-corrected chi connectivity index (χ4v) is 3.41. The van der Waals surface area contributed by atoms with Crippen molar-refractivity contribution in [1.29, 1.82) is 0 Å². The Morgan fingerprint density at radius 1 is 1.00 bits per heavy atom. The van der Waals surface area contributed by atoms with Gasteiger partial charge in [0.25, 0.3) is 5.91 Å². The number of aromatic nitrogens is 1. The highest BCUT2D eigenvalue weighted by molar-refractivity contribution is 6.01. The van der Waals surface area contributed by atoms with Gasteiger partial charge >= 0.3 is 5.97 Å². The molecule has 1 heterocycles. The fraction of sp³-hybridized carbons (Fsp3) is 0.150. The largest absolute Gasteiger partial charge is 0.479 e. The Labute approximate surface area is 144 Å². The lowest BCUT2D eigenvalue weighted by Gasteiger charge is -2.25. The minimum atomic E-state index is -1.30. The summed E-state index contributed by atoms with van der Waals surface area (Å²) in [5.74, 6) is -1.40. The number of hydrogen-bond donors (Lipinski definition) is 2. The fourth-order valence-electron chi connectivity index (χ4n) is 3.41. The quantitative estimate of drug-likeness (QED) is 0.773. The van der Waals surface area contributed by atoms with E-state index in [0.717, 1.165) is 22.0 Å². The van der Waals surface area contributed by atoms with Crippen LogP contribution in [-0.2, 0) is 17.6 Å². The van der Waals surface area contributed by atoms with E-state index in [4.69, 9.17) is 0 Å². The summed E-state index contributed by atoms with van der Waals surface area (Å²) in [5, 5.41) is 13.4. The van der Waals surface area contributed by atoms with Crippen molar-refractivity contribution in [2.24, 2.45) is 0 Å². The molecule has 124 valence electrons. The molecule has 2 N–H and O–H groups in total. The zero-order valence-corrected chi connectivity index (χ0v) is 13.4. The van der Waals surface area contributed by atoms with Crippen LogP contribution in [0.4, 0.5) is 0 Å². The van der Waals surface area contributed by atoms with Crippen LogP contribution in [0.25, 0.3) is 10.9 Å². The van der Waals surface area contributed by atoms with Crippen LogP contribution >= 0.6 is 0 Å². The number of pyridine rings is 1. The van der Waals surface area contributed by atoms with Crippen LogP contribution in [0.1, 0.15) is 21.5 Å². The maximum absolute atomic E-state index is 12.7. The second-order valence-electron chi connectivity index (χ2n) is 6.37. The van der Waals surface area contributed by atoms with Crippen LogP contribution in [0.3, 0.4) is 0 Å². The minimum absolute atomic E-state index is 0.291. The van der Waals surface area contributed by atoms with Gasteiger partial charge in [-0.1, -0.05) is 30.3 Å². The number of rotatable bonds is 3. The molecule has 0 bridgehead atoms. The molecular formula is C20H16N2O3. The van der Waals surface area contributed by atoms with Crippen LogP contribution in [-0.4, -0.2) is 27.5 Å². The van der Waals surface area contributed by atoms with E-state index < -0.39 is 11.5 Å². The standard InChI is InChI=1S/C20H16N2O3/c23-18(14-7-8-17-13(10-14)6-3-9-21-17)22-20(19(24)25)11-15-4-1-2-5-16(15)12-20/h1-10H,11-12H2,(H,22,23)(H,24,25). The van der Waals surface area contributed by atoms with Gasteiger partial charge in [0.2, 0.25) is 0 Å². The van der Waals surface area contributed by atoms with Crippen molar-refractivity contribution >= 4 is 22.8 Å². The summed E-state index contributed by atoms with van der Waals surface area (Å²) >= 11 is 0. The summed E-state index contributed by atoms with van der Waals surface area (Å²) in [6, 6.07) is 16.4. The molecule has 5 heteroatoms. The highest BCUT2D eigenvalue weighted by Gasteiger charge is 2.45. The zero-order chi connectivity index (χ0) is 17.4. The van der Waals surface area contributed by atoms with E-state index in [9.17, 15) is 14.7 Å². The van der Waals surface area contributed by atoms with Crippen LogP contribution in [0.15, 0.2) is 60.8 Å². The Hall–Kier alpha value is -3.21. The van der Waals surface area contributed by atoms with E-state index in [1.165, 1.54) is 0 Å². The number of carbonyl (C=O) groups excluding carboxylic acids is 1. The number of carboxylic acid groups (broad SMARTS) is 1. The van der Waals surface area contributed by atoms with Crippen molar-refractivity contribution in [3.8, 4) is 0 Å². The van der Waals surface area contributed by atoms with Crippen molar-refractivity contribution in [3.05, 3.63) is 77.5 Å². The SMILES string of the molecule is O=C(NC1(C(=O)O)Cc2ccccc2C1)c1ccc2ncccc2c1. The van der Waals surface area contributed by atoms with Crippen molar-refractivity contribution in [3.63, 3.8) is 0 Å². The second kappa shape index (κ2) is 5.70. The number of benzene rings is 2. The topological polar surface area (TPSA) is 79.3 Å². The van der Waals surface area contributed by atoms with E-state index in [2.05, 4.69) is 10.3 Å². The van der Waals surface area contributed by atoms with Gasteiger partial charge < -0.3 is 10.4 Å². The summed E-state index contributed by atoms with van der Waals surface area (Å²) in [7, 11) is 0. The molecule has 0 spiro atoms. The van der Waals surface area contributed by atoms with E-state index in [1.807, 2.05) is 30.3 Å². The first-order chi connectivity index (χ1) is 12.1. The molecule has 0 aliphatic heterocycles. The first-order valence-electron chi connectivity index (χ1n) is 8.05. The molecule has 0 radical (unpaired) electrons. The lowest BCUT2D eigenvalue weighted by Crippen LogP contribution is -2.55. The Kier molecular flexibility index (Phi) is 3.50. The molecular weight excluding hydrogens is 316 g/mol. The van der Waals surface area contributed by atoms with Gasteiger partial charge in [0.1, 0.15) is 5.54 Å². The molecule has 0 saturated heterocycles. The van der Waals surface area contributed by atoms with E-state index in [0.29, 0.717) is 18.4 Å². The lowest BCUT2D eigenvalue weighted by atomic mass is 9.95. The van der Waals surface area contributed by atoms with Crippen LogP contribution < -0.4 is 5.32 Å². The number of carbonyl (C=O) groups is 2. The Balaban J connectivity index is 1.64. The van der Waals surface area contributed by atoms with Gasteiger partial charge in [-0.05, 0) is 35.4 Å². The molecule has 0 atom stereocenters. The molecule has 3 aromatic rings. The molecule has 25 heavy (non-hydrogen) atoms. The molecule has 4 rings (SSSR count). The maximum atomic E-state index is 12.7. The number of aliphatic carboxylic acids is 1. The predicted molar refractivity (Wildman–Crippen MR) is 93.4 cm³/mol. The number of fused-ring (bicyclic) bond motifs is 2. The first-order valence-corrected chi connectivity index (χ1v) is 8.05. The van der Waals surface area contributed by atoms with Crippen molar-refractivity contribution in [2.45, 2.75) is 18.4 Å². The summed E-state index contributed by atoms with van der Waals surface area (Å²) in [4.78, 5) is 28.9. The predicted octanol–water partition coefficient (Wildman–Crippen LogP) is 2.59. The summed E-state index contributed by atoms with van der Waals surface area (Å²) in [6.07, 6.45) is 2.27. The van der Waals surface area contributed by atoms with Gasteiger partial charge in [0, 0.05) is 30.0 Å². The van der Waals surface area contributed by atoms with E-state index in [-0.39, 0.29) is 5.91 Å². The lowest BCUT2D eigenvalue weighted by molar-refractivity contribution is -0.144. The summed E-state index contributed by atoms with van der Waals surface area (Å²) in [5.41, 5.74) is 1.85. The average molecular weight is 332 g/mol. The van der Waals surface area contributed by atoms with Crippen molar-refractivity contribution < 1.29 is 14.7 Å². The first kappa shape index (κ1) is 15.3. The maximum Gasteiger partial charge on any atom is 0.330 e. The number of carboxylic acids is 1. The molecule has 1 aromatic heterocycles. The van der Waals surface area contributed by atoms with Crippen molar-refractivity contribution in [2.75, 3.05) is 0 Å².